The Kier molecular flexibility index (Phi) is 3.61. The number of rotatable bonds is 4. The van der Waals surface area contributed by atoms with Crippen LogP contribution in [-0.4, -0.2) is 36.3 Å². The maximum atomic E-state index is 11.7. The fourth-order valence-electron chi connectivity index (χ4n) is 1.61. The van der Waals surface area contributed by atoms with Crippen LogP contribution in [0.25, 0.3) is 0 Å². The van der Waals surface area contributed by atoms with Crippen LogP contribution >= 0.6 is 0 Å². The Morgan fingerprint density at radius 2 is 2.12 bits per heavy atom. The number of nitrogens with two attached hydrogens (primary N) is 1. The molecule has 1 aromatic carbocycles. The van der Waals surface area contributed by atoms with E-state index in [1.165, 1.54) is 0 Å². The Balaban J connectivity index is 1.84. The fourth-order valence-corrected chi connectivity index (χ4v) is 1.61. The zero-order chi connectivity index (χ0) is 12.3. The number of carbonyl (C=O) groups excluding carboxylic acids is 1. The van der Waals surface area contributed by atoms with E-state index in [0.29, 0.717) is 19.6 Å². The van der Waals surface area contributed by atoms with Crippen molar-refractivity contribution in [2.75, 3.05) is 13.2 Å². The van der Waals surface area contributed by atoms with Crippen molar-refractivity contribution in [2.45, 2.75) is 18.5 Å². The van der Waals surface area contributed by atoms with Crippen LogP contribution in [0.3, 0.4) is 0 Å². The molecule has 5 nitrogen and oxygen atoms in total. The Hall–Kier alpha value is -1.59. The van der Waals surface area contributed by atoms with E-state index in [0.717, 1.165) is 5.56 Å². The first-order valence-corrected chi connectivity index (χ1v) is 5.57. The molecule has 2 rings (SSSR count). The molecule has 1 unspecified atom stereocenters. The second kappa shape index (κ2) is 5.16. The molecule has 0 radical (unpaired) electrons. The van der Waals surface area contributed by atoms with Gasteiger partial charge in [-0.25, -0.2) is 0 Å². The summed E-state index contributed by atoms with van der Waals surface area (Å²) in [5, 5.41) is 11.9. The van der Waals surface area contributed by atoms with Gasteiger partial charge in [-0.1, -0.05) is 12.1 Å². The van der Waals surface area contributed by atoms with Gasteiger partial charge in [-0.3, -0.25) is 4.79 Å². The molecule has 0 spiro atoms. The summed E-state index contributed by atoms with van der Waals surface area (Å²) in [4.78, 5) is 11.7. The number of hydrogen-bond acceptors (Lipinski definition) is 4. The molecule has 1 heterocycles. The van der Waals surface area contributed by atoms with Crippen molar-refractivity contribution in [2.24, 2.45) is 5.73 Å². The number of hydrogen-bond donors (Lipinski definition) is 3. The van der Waals surface area contributed by atoms with Gasteiger partial charge in [-0.05, 0) is 24.1 Å². The average molecular weight is 236 g/mol. The van der Waals surface area contributed by atoms with Crippen LogP contribution in [0.5, 0.6) is 5.75 Å². The molecule has 1 amide bonds. The third kappa shape index (κ3) is 3.18. The molecule has 1 aromatic rings. The molecule has 1 saturated heterocycles. The number of benzene rings is 1. The molecular weight excluding hydrogens is 220 g/mol. The molecule has 1 aliphatic heterocycles. The van der Waals surface area contributed by atoms with Crippen LogP contribution in [0, 0.1) is 0 Å². The van der Waals surface area contributed by atoms with Gasteiger partial charge in [0.1, 0.15) is 5.75 Å². The number of amides is 1. The molecule has 5 heteroatoms. The predicted octanol–water partition coefficient (Wildman–Crippen LogP) is -0.223. The predicted molar refractivity (Wildman–Crippen MR) is 62.5 cm³/mol. The van der Waals surface area contributed by atoms with Gasteiger partial charge in [-0.2, -0.15) is 0 Å². The van der Waals surface area contributed by atoms with Crippen molar-refractivity contribution in [1.82, 2.24) is 5.32 Å². The quantitative estimate of drug-likeness (QED) is 0.674. The molecule has 1 aliphatic rings. The number of nitrogens with one attached hydrogen (secondary N) is 1. The number of phenolic OH excluding ortho intramolecular Hbond substituents is 1. The number of phenols is 1. The maximum Gasteiger partial charge on any atom is 0.237 e. The second-order valence-corrected chi connectivity index (χ2v) is 4.22. The van der Waals surface area contributed by atoms with Gasteiger partial charge in [-0.15, -0.1) is 0 Å². The Morgan fingerprint density at radius 1 is 1.47 bits per heavy atom. The fraction of sp³-hybridized carbons (Fsp3) is 0.417. The number of aromatic hydroxyl groups is 1. The van der Waals surface area contributed by atoms with Gasteiger partial charge in [0.25, 0.3) is 0 Å². The van der Waals surface area contributed by atoms with Crippen molar-refractivity contribution in [1.29, 1.82) is 0 Å². The lowest BCUT2D eigenvalue weighted by molar-refractivity contribution is -0.126. The van der Waals surface area contributed by atoms with Crippen molar-refractivity contribution in [3.63, 3.8) is 0 Å². The van der Waals surface area contributed by atoms with E-state index in [9.17, 15) is 4.79 Å². The summed E-state index contributed by atoms with van der Waals surface area (Å²) in [6.45, 7) is 1.13. The molecule has 0 bridgehead atoms. The lowest BCUT2D eigenvalue weighted by atomic mass is 10.1. The van der Waals surface area contributed by atoms with Gasteiger partial charge < -0.3 is 20.9 Å². The largest absolute Gasteiger partial charge is 0.508 e. The molecular formula is C12H16N2O3. The van der Waals surface area contributed by atoms with Gasteiger partial charge >= 0.3 is 0 Å². The third-order valence-electron chi connectivity index (χ3n) is 2.71. The number of ether oxygens (including phenoxy) is 1. The van der Waals surface area contributed by atoms with Crippen LogP contribution in [0.1, 0.15) is 5.56 Å². The van der Waals surface area contributed by atoms with Crippen molar-refractivity contribution in [3.05, 3.63) is 29.8 Å². The number of carbonyl (C=O) groups is 1. The van der Waals surface area contributed by atoms with E-state index in [2.05, 4.69) is 5.32 Å². The zero-order valence-electron chi connectivity index (χ0n) is 9.43. The highest BCUT2D eigenvalue weighted by Crippen LogP contribution is 2.11. The van der Waals surface area contributed by atoms with Gasteiger partial charge in [0.05, 0.1) is 25.3 Å². The maximum absolute atomic E-state index is 11.7. The minimum atomic E-state index is -0.569. The van der Waals surface area contributed by atoms with Crippen molar-refractivity contribution < 1.29 is 14.6 Å². The van der Waals surface area contributed by atoms with E-state index in [1.54, 1.807) is 24.3 Å². The van der Waals surface area contributed by atoms with Crippen LogP contribution in [-0.2, 0) is 16.0 Å². The van der Waals surface area contributed by atoms with Crippen LogP contribution in [0.15, 0.2) is 24.3 Å². The van der Waals surface area contributed by atoms with E-state index >= 15 is 0 Å². The molecule has 1 fully saturated rings. The first-order chi connectivity index (χ1) is 8.15. The Morgan fingerprint density at radius 3 is 2.65 bits per heavy atom. The highest BCUT2D eigenvalue weighted by Gasteiger charge is 2.23. The standard InChI is InChI=1S/C12H16N2O3/c13-11(12(16)14-9-6-17-7-9)5-8-1-3-10(15)4-2-8/h1-4,9,11,15H,5-7,13H2,(H,14,16). The summed E-state index contributed by atoms with van der Waals surface area (Å²) in [6.07, 6.45) is 0.458. The monoisotopic (exact) mass is 236 g/mol. The molecule has 17 heavy (non-hydrogen) atoms. The summed E-state index contributed by atoms with van der Waals surface area (Å²) in [6, 6.07) is 6.22. The lowest BCUT2D eigenvalue weighted by Gasteiger charge is -2.28. The molecule has 1 atom stereocenters. The average Bonchev–Trinajstić information content (AvgIpc) is 2.26. The molecule has 0 saturated carbocycles. The van der Waals surface area contributed by atoms with Crippen molar-refractivity contribution >= 4 is 5.91 Å². The summed E-state index contributed by atoms with van der Waals surface area (Å²) in [7, 11) is 0. The van der Waals surface area contributed by atoms with Crippen LogP contribution in [0.4, 0.5) is 0 Å². The summed E-state index contributed by atoms with van der Waals surface area (Å²) in [5.74, 6) is 0.0461. The molecule has 4 N–H and O–H groups in total. The lowest BCUT2D eigenvalue weighted by Crippen LogP contribution is -2.53. The molecule has 92 valence electrons. The van der Waals surface area contributed by atoms with Gasteiger partial charge in [0.2, 0.25) is 5.91 Å². The first-order valence-electron chi connectivity index (χ1n) is 5.57. The van der Waals surface area contributed by atoms with Gasteiger partial charge in [0.15, 0.2) is 0 Å². The van der Waals surface area contributed by atoms with Crippen molar-refractivity contribution in [3.8, 4) is 5.75 Å². The smallest absolute Gasteiger partial charge is 0.237 e. The van der Waals surface area contributed by atoms with E-state index in [1.807, 2.05) is 0 Å². The summed E-state index contributed by atoms with van der Waals surface area (Å²) < 4.78 is 4.96. The van der Waals surface area contributed by atoms with Crippen LogP contribution in [0.2, 0.25) is 0 Å². The first kappa shape index (κ1) is 11.9. The van der Waals surface area contributed by atoms with Gasteiger partial charge in [0, 0.05) is 0 Å². The topological polar surface area (TPSA) is 84.6 Å². The minimum Gasteiger partial charge on any atom is -0.508 e. The van der Waals surface area contributed by atoms with E-state index in [-0.39, 0.29) is 17.7 Å². The highest BCUT2D eigenvalue weighted by molar-refractivity contribution is 5.82. The highest BCUT2D eigenvalue weighted by atomic mass is 16.5. The van der Waals surface area contributed by atoms with E-state index < -0.39 is 6.04 Å². The SMILES string of the molecule is NC(Cc1ccc(O)cc1)C(=O)NC1COC1. The van der Waals surface area contributed by atoms with Crippen LogP contribution < -0.4 is 11.1 Å². The molecule has 0 aromatic heterocycles. The molecule has 0 aliphatic carbocycles. The second-order valence-electron chi connectivity index (χ2n) is 4.22. The van der Waals surface area contributed by atoms with E-state index in [4.69, 9.17) is 15.6 Å². The zero-order valence-corrected chi connectivity index (χ0v) is 9.43. The summed E-state index contributed by atoms with van der Waals surface area (Å²) in [5.41, 5.74) is 6.73. The Bertz CT molecular complexity index is 387. The minimum absolute atomic E-state index is 0.105. The summed E-state index contributed by atoms with van der Waals surface area (Å²) >= 11 is 0. The normalized spacial score (nSPS) is 17.2. The Labute approximate surface area is 99.6 Å². The third-order valence-corrected chi connectivity index (χ3v) is 2.71.